The van der Waals surface area contributed by atoms with Gasteiger partial charge in [0.05, 0.1) is 22.4 Å². The highest BCUT2D eigenvalue weighted by atomic mass is 35.5. The third kappa shape index (κ3) is 2.67. The topological polar surface area (TPSA) is 47.0 Å². The Bertz CT molecular complexity index is 758. The summed E-state index contributed by atoms with van der Waals surface area (Å²) in [6.45, 7) is 1.96. The molecule has 1 aliphatic heterocycles. The molecule has 1 aromatic carbocycles. The molecule has 0 N–H and O–H groups in total. The quantitative estimate of drug-likeness (QED) is 0.800. The van der Waals surface area contributed by atoms with Crippen LogP contribution in [0.4, 0.5) is 0 Å². The van der Waals surface area contributed by atoms with Crippen LogP contribution < -0.4 is 0 Å². The minimum atomic E-state index is -2.89. The van der Waals surface area contributed by atoms with E-state index in [9.17, 15) is 8.42 Å². The monoisotopic (exact) mass is 309 g/mol. The van der Waals surface area contributed by atoms with Crippen molar-refractivity contribution in [2.45, 2.75) is 18.7 Å². The minimum Gasteiger partial charge on any atom is -0.253 e. The molecule has 0 saturated carbocycles. The predicted molar refractivity (Wildman–Crippen MR) is 81.8 cm³/mol. The lowest BCUT2D eigenvalue weighted by molar-refractivity contribution is 0.569. The van der Waals surface area contributed by atoms with Crippen LogP contribution in [-0.2, 0) is 9.84 Å². The largest absolute Gasteiger partial charge is 0.253 e. The van der Waals surface area contributed by atoms with E-state index in [4.69, 9.17) is 11.6 Å². The van der Waals surface area contributed by atoms with Crippen LogP contribution in [0.15, 0.2) is 30.3 Å². The lowest BCUT2D eigenvalue weighted by Crippen LogP contribution is -2.10. The van der Waals surface area contributed by atoms with Crippen LogP contribution in [0.1, 0.15) is 23.1 Å². The Labute approximate surface area is 123 Å². The average Bonchev–Trinajstić information content (AvgIpc) is 2.77. The van der Waals surface area contributed by atoms with Crippen LogP contribution in [0.5, 0.6) is 0 Å². The van der Waals surface area contributed by atoms with Gasteiger partial charge in [0.15, 0.2) is 9.84 Å². The van der Waals surface area contributed by atoms with Gasteiger partial charge in [0.25, 0.3) is 0 Å². The highest BCUT2D eigenvalue weighted by Crippen LogP contribution is 2.37. The van der Waals surface area contributed by atoms with Crippen LogP contribution >= 0.6 is 11.6 Å². The molecule has 5 heteroatoms. The van der Waals surface area contributed by atoms with Gasteiger partial charge in [-0.3, -0.25) is 4.98 Å². The number of benzene rings is 1. The standard InChI is InChI=1S/C15H16ClNO2S/c1-10-2-3-11-8-12(4-5-14(11)17-10)15(16)13-6-7-20(18,19)9-13/h2-5,8,13,15H,6-7,9H2,1H3. The SMILES string of the molecule is Cc1ccc2cc(C(Cl)C3CCS(=O)(=O)C3)ccc2n1. The molecular formula is C15H16ClNO2S. The first-order chi connectivity index (χ1) is 9.44. The van der Waals surface area contributed by atoms with Gasteiger partial charge < -0.3 is 0 Å². The fraction of sp³-hybridized carbons (Fsp3) is 0.400. The Hall–Kier alpha value is -1.13. The predicted octanol–water partition coefficient (Wildman–Crippen LogP) is 3.26. The summed E-state index contributed by atoms with van der Waals surface area (Å²) in [6, 6.07) is 9.92. The van der Waals surface area contributed by atoms with E-state index in [-0.39, 0.29) is 22.8 Å². The molecular weight excluding hydrogens is 294 g/mol. The summed E-state index contributed by atoms with van der Waals surface area (Å²) in [7, 11) is -2.89. The number of hydrogen-bond donors (Lipinski definition) is 0. The maximum absolute atomic E-state index is 11.6. The first kappa shape index (κ1) is 13.8. The van der Waals surface area contributed by atoms with Crippen LogP contribution in [-0.4, -0.2) is 24.9 Å². The van der Waals surface area contributed by atoms with E-state index < -0.39 is 9.84 Å². The van der Waals surface area contributed by atoms with Crippen LogP contribution in [0.25, 0.3) is 10.9 Å². The third-order valence-electron chi connectivity index (χ3n) is 3.85. The van der Waals surface area contributed by atoms with E-state index in [2.05, 4.69) is 4.98 Å². The average molecular weight is 310 g/mol. The molecule has 1 saturated heterocycles. The first-order valence-corrected chi connectivity index (χ1v) is 8.92. The summed E-state index contributed by atoms with van der Waals surface area (Å²) in [5.74, 6) is 0.470. The normalized spacial score (nSPS) is 23.0. The Morgan fingerprint density at radius 1 is 1.30 bits per heavy atom. The van der Waals surface area contributed by atoms with E-state index in [1.807, 2.05) is 37.3 Å². The lowest BCUT2D eigenvalue weighted by atomic mass is 9.97. The number of aromatic nitrogens is 1. The summed E-state index contributed by atoms with van der Waals surface area (Å²) >= 11 is 6.49. The Balaban J connectivity index is 1.92. The maximum atomic E-state index is 11.6. The summed E-state index contributed by atoms with van der Waals surface area (Å²) in [4.78, 5) is 4.46. The number of halogens is 1. The molecule has 0 aliphatic carbocycles. The van der Waals surface area contributed by atoms with Gasteiger partial charge in [-0.05, 0) is 43.0 Å². The second-order valence-electron chi connectivity index (χ2n) is 5.47. The lowest BCUT2D eigenvalue weighted by Gasteiger charge is -2.16. The van der Waals surface area contributed by atoms with Crippen LogP contribution in [0, 0.1) is 12.8 Å². The zero-order valence-electron chi connectivity index (χ0n) is 11.2. The van der Waals surface area contributed by atoms with Crippen molar-refractivity contribution >= 4 is 32.3 Å². The van der Waals surface area contributed by atoms with Crippen molar-refractivity contribution in [1.82, 2.24) is 4.98 Å². The Morgan fingerprint density at radius 2 is 2.10 bits per heavy atom. The van der Waals surface area contributed by atoms with Crippen molar-refractivity contribution in [3.05, 3.63) is 41.6 Å². The molecule has 0 amide bonds. The number of fused-ring (bicyclic) bond motifs is 1. The fourth-order valence-electron chi connectivity index (χ4n) is 2.74. The van der Waals surface area contributed by atoms with Gasteiger partial charge >= 0.3 is 0 Å². The molecule has 2 atom stereocenters. The molecule has 0 bridgehead atoms. The zero-order valence-corrected chi connectivity index (χ0v) is 12.8. The minimum absolute atomic E-state index is 0.0116. The smallest absolute Gasteiger partial charge is 0.150 e. The molecule has 2 unspecified atom stereocenters. The molecule has 3 nitrogen and oxygen atoms in total. The second kappa shape index (κ2) is 5.01. The summed E-state index contributed by atoms with van der Waals surface area (Å²) in [5.41, 5.74) is 2.90. The highest BCUT2D eigenvalue weighted by molar-refractivity contribution is 7.91. The molecule has 2 heterocycles. The third-order valence-corrected chi connectivity index (χ3v) is 6.25. The first-order valence-electron chi connectivity index (χ1n) is 6.66. The molecule has 1 fully saturated rings. The highest BCUT2D eigenvalue weighted by Gasteiger charge is 2.33. The van der Waals surface area contributed by atoms with Crippen molar-refractivity contribution in [1.29, 1.82) is 0 Å². The Morgan fingerprint density at radius 3 is 2.80 bits per heavy atom. The maximum Gasteiger partial charge on any atom is 0.150 e. The van der Waals surface area contributed by atoms with Crippen molar-refractivity contribution in [3.8, 4) is 0 Å². The van der Waals surface area contributed by atoms with E-state index >= 15 is 0 Å². The number of aryl methyl sites for hydroxylation is 1. The number of sulfone groups is 1. The van der Waals surface area contributed by atoms with Gasteiger partial charge in [-0.2, -0.15) is 0 Å². The van der Waals surface area contributed by atoms with Crippen molar-refractivity contribution in [2.24, 2.45) is 5.92 Å². The van der Waals surface area contributed by atoms with Gasteiger partial charge in [-0.25, -0.2) is 8.42 Å². The van der Waals surface area contributed by atoms with E-state index in [1.165, 1.54) is 0 Å². The summed E-state index contributed by atoms with van der Waals surface area (Å²) in [6.07, 6.45) is 0.653. The number of hydrogen-bond acceptors (Lipinski definition) is 3. The number of nitrogens with zero attached hydrogens (tertiary/aromatic N) is 1. The van der Waals surface area contributed by atoms with Crippen molar-refractivity contribution in [3.63, 3.8) is 0 Å². The van der Waals surface area contributed by atoms with Crippen LogP contribution in [0.3, 0.4) is 0 Å². The summed E-state index contributed by atoms with van der Waals surface area (Å²) < 4.78 is 23.1. The van der Waals surface area contributed by atoms with Crippen molar-refractivity contribution in [2.75, 3.05) is 11.5 Å². The number of rotatable bonds is 2. The fourth-order valence-corrected chi connectivity index (χ4v) is 5.04. The molecule has 0 radical (unpaired) electrons. The Kier molecular flexibility index (Phi) is 3.46. The second-order valence-corrected chi connectivity index (χ2v) is 8.17. The molecule has 0 spiro atoms. The van der Waals surface area contributed by atoms with E-state index in [0.717, 1.165) is 22.2 Å². The van der Waals surface area contributed by atoms with Gasteiger partial charge in [0.2, 0.25) is 0 Å². The molecule has 1 aliphatic rings. The van der Waals surface area contributed by atoms with E-state index in [1.54, 1.807) is 0 Å². The number of pyridine rings is 1. The van der Waals surface area contributed by atoms with Gasteiger partial charge in [0, 0.05) is 11.1 Å². The van der Waals surface area contributed by atoms with E-state index in [0.29, 0.717) is 6.42 Å². The molecule has 20 heavy (non-hydrogen) atoms. The zero-order chi connectivity index (χ0) is 14.3. The summed E-state index contributed by atoms with van der Waals surface area (Å²) in [5, 5.41) is 0.789. The number of alkyl halides is 1. The van der Waals surface area contributed by atoms with Crippen molar-refractivity contribution < 1.29 is 8.42 Å². The molecule has 1 aromatic heterocycles. The van der Waals surface area contributed by atoms with Gasteiger partial charge in [-0.15, -0.1) is 11.6 Å². The molecule has 3 rings (SSSR count). The van der Waals surface area contributed by atoms with Crippen LogP contribution in [0.2, 0.25) is 0 Å². The van der Waals surface area contributed by atoms with Gasteiger partial charge in [-0.1, -0.05) is 12.1 Å². The molecule has 2 aromatic rings. The van der Waals surface area contributed by atoms with Gasteiger partial charge in [0.1, 0.15) is 0 Å². The molecule has 106 valence electrons.